The molecule has 0 atom stereocenters. The second kappa shape index (κ2) is 9.28. The molecule has 0 fully saturated rings. The van der Waals surface area contributed by atoms with Gasteiger partial charge in [0.2, 0.25) is 5.78 Å². The molecule has 3 aromatic rings. The largest absolute Gasteiger partial charge is 0.493 e. The van der Waals surface area contributed by atoms with Crippen LogP contribution in [0.1, 0.15) is 40.6 Å². The molecule has 0 saturated carbocycles. The minimum atomic E-state index is -0.452. The molecular weight excluding hydrogens is 434 g/mol. The Labute approximate surface area is 189 Å². The first-order chi connectivity index (χ1) is 15.5. The average molecular weight is 454 g/mol. The number of aryl methyl sites for hydroxylation is 1. The monoisotopic (exact) mass is 453 g/mol. The van der Waals surface area contributed by atoms with Gasteiger partial charge in [0.1, 0.15) is 23.0 Å². The summed E-state index contributed by atoms with van der Waals surface area (Å²) < 4.78 is 21.9. The first-order valence-corrected chi connectivity index (χ1v) is 10.5. The fourth-order valence-corrected chi connectivity index (χ4v) is 3.47. The first-order valence-electron chi connectivity index (χ1n) is 10.1. The van der Waals surface area contributed by atoms with Crippen LogP contribution in [0.2, 0.25) is 5.15 Å². The molecule has 0 bridgehead atoms. The number of aromatic nitrogens is 1. The van der Waals surface area contributed by atoms with Gasteiger partial charge in [0.25, 0.3) is 0 Å². The third-order valence-corrected chi connectivity index (χ3v) is 5.05. The van der Waals surface area contributed by atoms with E-state index in [-0.39, 0.29) is 23.1 Å². The molecule has 164 valence electrons. The highest BCUT2D eigenvalue weighted by Crippen LogP contribution is 2.40. The smallest absolute Gasteiger partial charge is 0.311 e. The van der Waals surface area contributed by atoms with Gasteiger partial charge in [-0.15, -0.1) is 0 Å². The Morgan fingerprint density at radius 2 is 2.00 bits per heavy atom. The lowest BCUT2D eigenvalue weighted by Crippen LogP contribution is -2.10. The summed E-state index contributed by atoms with van der Waals surface area (Å²) in [5.74, 6) is 1.35. The Kier molecular flexibility index (Phi) is 6.28. The fourth-order valence-electron chi connectivity index (χ4n) is 3.31. The van der Waals surface area contributed by atoms with E-state index in [4.69, 9.17) is 30.3 Å². The number of para-hydroxylation sites is 1. The molecule has 2 heterocycles. The Bertz CT molecular complexity index is 1210. The maximum Gasteiger partial charge on any atom is 0.311 e. The molecule has 0 saturated heterocycles. The molecule has 0 unspecified atom stereocenters. The molecule has 32 heavy (non-hydrogen) atoms. The number of allylic oxidation sites excluding steroid dienone is 1. The lowest BCUT2D eigenvalue weighted by molar-refractivity contribution is -0.134. The lowest BCUT2D eigenvalue weighted by atomic mass is 10.1. The van der Waals surface area contributed by atoms with Crippen LogP contribution < -0.4 is 14.2 Å². The van der Waals surface area contributed by atoms with Crippen molar-refractivity contribution in [2.45, 2.75) is 26.7 Å². The lowest BCUT2D eigenvalue weighted by Gasteiger charge is -2.10. The van der Waals surface area contributed by atoms with Crippen molar-refractivity contribution in [1.29, 1.82) is 0 Å². The van der Waals surface area contributed by atoms with Gasteiger partial charge in [0.15, 0.2) is 10.9 Å². The third-order valence-electron chi connectivity index (χ3n) is 4.87. The van der Waals surface area contributed by atoms with Crippen molar-refractivity contribution in [2.75, 3.05) is 6.61 Å². The Hall–Kier alpha value is -3.58. The number of benzene rings is 2. The van der Waals surface area contributed by atoms with Gasteiger partial charge < -0.3 is 18.7 Å². The van der Waals surface area contributed by atoms with Crippen LogP contribution in [-0.4, -0.2) is 23.5 Å². The molecule has 0 spiro atoms. The average Bonchev–Trinajstić information content (AvgIpc) is 3.34. The number of nitrogens with zero attached hydrogens (tertiary/aromatic N) is 1. The quantitative estimate of drug-likeness (QED) is 0.276. The maximum absolute atomic E-state index is 12.8. The van der Waals surface area contributed by atoms with Crippen LogP contribution in [-0.2, 0) is 11.2 Å². The van der Waals surface area contributed by atoms with Crippen LogP contribution in [0.25, 0.3) is 6.08 Å². The molecule has 0 aliphatic carbocycles. The molecule has 0 N–H and O–H groups in total. The normalized spacial score (nSPS) is 13.7. The summed E-state index contributed by atoms with van der Waals surface area (Å²) in [6.45, 7) is 4.14. The number of rotatable bonds is 7. The molecular formula is C24H20ClNO6. The molecule has 1 aliphatic heterocycles. The molecule has 4 rings (SSSR count). The van der Waals surface area contributed by atoms with Crippen molar-refractivity contribution in [3.05, 3.63) is 75.8 Å². The second-order valence-corrected chi connectivity index (χ2v) is 7.45. The molecule has 0 radical (unpaired) electrons. The van der Waals surface area contributed by atoms with Gasteiger partial charge in [0, 0.05) is 23.6 Å². The number of esters is 1. The topological polar surface area (TPSA) is 87.9 Å². The van der Waals surface area contributed by atoms with E-state index in [0.717, 1.165) is 5.56 Å². The first kappa shape index (κ1) is 21.6. The number of carbonyl (C=O) groups excluding carboxylic acids is 2. The van der Waals surface area contributed by atoms with Crippen molar-refractivity contribution >= 4 is 29.4 Å². The van der Waals surface area contributed by atoms with Gasteiger partial charge in [-0.1, -0.05) is 35.0 Å². The van der Waals surface area contributed by atoms with Crippen molar-refractivity contribution < 1.29 is 28.3 Å². The van der Waals surface area contributed by atoms with Gasteiger partial charge in [-0.05, 0) is 38.1 Å². The fraction of sp³-hybridized carbons (Fsp3) is 0.208. The zero-order valence-electron chi connectivity index (χ0n) is 17.5. The number of carbonyl (C=O) groups is 2. The van der Waals surface area contributed by atoms with E-state index in [1.54, 1.807) is 31.2 Å². The van der Waals surface area contributed by atoms with Crippen LogP contribution in [0.4, 0.5) is 0 Å². The van der Waals surface area contributed by atoms with Crippen LogP contribution in [0.3, 0.4) is 0 Å². The van der Waals surface area contributed by atoms with Crippen molar-refractivity contribution in [3.63, 3.8) is 0 Å². The van der Waals surface area contributed by atoms with E-state index < -0.39 is 5.97 Å². The summed E-state index contributed by atoms with van der Waals surface area (Å²) in [7, 11) is 0. The van der Waals surface area contributed by atoms with Gasteiger partial charge >= 0.3 is 5.97 Å². The van der Waals surface area contributed by atoms with E-state index in [2.05, 4.69) is 5.16 Å². The van der Waals surface area contributed by atoms with E-state index in [1.807, 2.05) is 31.2 Å². The number of fused-ring (bicyclic) bond motifs is 1. The number of Topliss-reactive ketones (excluding diaryl/α,β-unsaturated/α-hetero) is 1. The number of halogens is 1. The summed E-state index contributed by atoms with van der Waals surface area (Å²) >= 11 is 5.71. The number of hydrogen-bond acceptors (Lipinski definition) is 7. The maximum atomic E-state index is 12.8. The van der Waals surface area contributed by atoms with Gasteiger partial charge in [-0.3, -0.25) is 9.59 Å². The molecule has 0 amide bonds. The highest BCUT2D eigenvalue weighted by molar-refractivity contribution is 6.29. The minimum absolute atomic E-state index is 0.0845. The van der Waals surface area contributed by atoms with Gasteiger partial charge in [-0.2, -0.15) is 0 Å². The highest BCUT2D eigenvalue weighted by atomic mass is 35.5. The SMILES string of the molecule is CCOc1ccccc1/C=C1\Oc2c(ccc(OC(=O)CCc3cc(Cl)no3)c2C)C1=O. The van der Waals surface area contributed by atoms with Crippen molar-refractivity contribution in [1.82, 2.24) is 5.16 Å². The Morgan fingerprint density at radius 3 is 2.75 bits per heavy atom. The van der Waals surface area contributed by atoms with E-state index in [9.17, 15) is 9.59 Å². The summed E-state index contributed by atoms with van der Waals surface area (Å²) in [4.78, 5) is 25.1. The molecule has 7 nitrogen and oxygen atoms in total. The summed E-state index contributed by atoms with van der Waals surface area (Å²) in [5, 5.41) is 3.80. The summed E-state index contributed by atoms with van der Waals surface area (Å²) in [5.41, 5.74) is 1.72. The van der Waals surface area contributed by atoms with Crippen LogP contribution >= 0.6 is 11.6 Å². The zero-order valence-corrected chi connectivity index (χ0v) is 18.3. The third kappa shape index (κ3) is 4.53. The minimum Gasteiger partial charge on any atom is -0.493 e. The predicted molar refractivity (Wildman–Crippen MR) is 117 cm³/mol. The second-order valence-electron chi connectivity index (χ2n) is 7.07. The molecule has 1 aromatic heterocycles. The molecule has 8 heteroatoms. The van der Waals surface area contributed by atoms with Crippen LogP contribution in [0.5, 0.6) is 17.2 Å². The van der Waals surface area contributed by atoms with E-state index >= 15 is 0 Å². The van der Waals surface area contributed by atoms with Crippen LogP contribution in [0.15, 0.2) is 52.7 Å². The van der Waals surface area contributed by atoms with Crippen molar-refractivity contribution in [2.24, 2.45) is 0 Å². The van der Waals surface area contributed by atoms with Crippen LogP contribution in [0, 0.1) is 6.92 Å². The Morgan fingerprint density at radius 1 is 1.19 bits per heavy atom. The van der Waals surface area contributed by atoms with Gasteiger partial charge in [-0.25, -0.2) is 0 Å². The number of ketones is 1. The number of ether oxygens (including phenoxy) is 3. The summed E-state index contributed by atoms with van der Waals surface area (Å²) in [6, 6.07) is 12.1. The zero-order chi connectivity index (χ0) is 22.7. The number of hydrogen-bond donors (Lipinski definition) is 0. The highest BCUT2D eigenvalue weighted by Gasteiger charge is 2.30. The van der Waals surface area contributed by atoms with E-state index in [0.29, 0.717) is 47.2 Å². The molecule has 2 aromatic carbocycles. The Balaban J connectivity index is 1.50. The van der Waals surface area contributed by atoms with Gasteiger partial charge in [0.05, 0.1) is 18.6 Å². The predicted octanol–water partition coefficient (Wildman–Crippen LogP) is 5.19. The van der Waals surface area contributed by atoms with Crippen molar-refractivity contribution in [3.8, 4) is 17.2 Å². The standard InChI is InChI=1S/C24H20ClNO6/c1-3-29-19-7-5-4-6-15(19)12-20-23(28)17-9-10-18(14(2)24(17)31-20)30-22(27)11-8-16-13-21(25)26-32-16/h4-7,9-10,12-13H,3,8,11H2,1-2H3/b20-12-. The molecule has 1 aliphatic rings. The van der Waals surface area contributed by atoms with E-state index in [1.165, 1.54) is 0 Å². The summed E-state index contributed by atoms with van der Waals surface area (Å²) in [6.07, 6.45) is 2.05.